The Morgan fingerprint density at radius 2 is 1.88 bits per heavy atom. The zero-order valence-corrected chi connectivity index (χ0v) is 24.3. The number of halogens is 1. The van der Waals surface area contributed by atoms with Crippen molar-refractivity contribution in [2.75, 3.05) is 19.6 Å². The summed E-state index contributed by atoms with van der Waals surface area (Å²) < 4.78 is 19.7. The summed E-state index contributed by atoms with van der Waals surface area (Å²) in [5.74, 6) is 0.0745. The Morgan fingerprint density at radius 1 is 1.12 bits per heavy atom. The molecule has 12 heteroatoms. The van der Waals surface area contributed by atoms with E-state index in [-0.39, 0.29) is 56.0 Å². The summed E-state index contributed by atoms with van der Waals surface area (Å²) in [6, 6.07) is 7.60. The number of likely N-dealkylation sites (tertiary alicyclic amines) is 1. The predicted octanol–water partition coefficient (Wildman–Crippen LogP) is 3.44. The van der Waals surface area contributed by atoms with E-state index in [1.807, 2.05) is 0 Å². The summed E-state index contributed by atoms with van der Waals surface area (Å²) in [5.41, 5.74) is 0.541. The number of piperidine rings is 1. The van der Waals surface area contributed by atoms with Gasteiger partial charge in [0.2, 0.25) is 5.91 Å². The second kappa shape index (κ2) is 12.3. The SMILES string of the molecule is Cc1ccc(-c2cc(C(=O)N[C@H]3CCN(CC4CC4)C[C@@H]3C(=O)NC3(c4ncccn4)CC3)no2)c(F)c1.S.S. The number of rotatable bonds is 8. The largest absolute Gasteiger partial charge is 0.355 e. The second-order valence-electron chi connectivity index (χ2n) is 10.9. The highest BCUT2D eigenvalue weighted by molar-refractivity contribution is 7.59. The average Bonchev–Trinajstić information content (AvgIpc) is 3.84. The normalized spacial score (nSPS) is 21.4. The predicted molar refractivity (Wildman–Crippen MR) is 157 cm³/mol. The van der Waals surface area contributed by atoms with Gasteiger partial charge in [-0.05, 0) is 68.7 Å². The number of carbonyl (C=O) groups is 2. The molecule has 3 aliphatic rings. The third-order valence-electron chi connectivity index (χ3n) is 7.80. The monoisotopic (exact) mass is 586 g/mol. The molecule has 3 aromatic rings. The Bertz CT molecular complexity index is 1350. The number of hydrogen-bond donors (Lipinski definition) is 2. The lowest BCUT2D eigenvalue weighted by Crippen LogP contribution is -2.57. The zero-order valence-electron chi connectivity index (χ0n) is 22.3. The Hall–Kier alpha value is -2.96. The maximum absolute atomic E-state index is 14.4. The van der Waals surface area contributed by atoms with Gasteiger partial charge < -0.3 is 20.1 Å². The van der Waals surface area contributed by atoms with Gasteiger partial charge in [0.25, 0.3) is 5.91 Å². The molecule has 2 N–H and O–H groups in total. The molecular formula is C28H35FN6O3S2. The Morgan fingerprint density at radius 3 is 2.55 bits per heavy atom. The maximum atomic E-state index is 14.4. The molecule has 6 rings (SSSR count). The van der Waals surface area contributed by atoms with E-state index in [0.717, 1.165) is 31.5 Å². The highest BCUT2D eigenvalue weighted by Crippen LogP contribution is 2.44. The molecule has 0 unspecified atom stereocenters. The van der Waals surface area contributed by atoms with E-state index in [4.69, 9.17) is 4.52 Å². The standard InChI is InChI=1S/C28H31FN6O3.2H2S/c1-17-3-6-19(21(29)13-17)24-14-23(34-38-24)26(37)32-22-7-12-35(15-18-4-5-18)16-20(22)25(36)33-28(8-9-28)27-30-10-2-11-31-27;;/h2-3,6,10-11,13-14,18,20,22H,4-5,7-9,12,15-16H2,1H3,(H,32,37)(H,33,36);2*1H2/t20-,22-;;/m0../s1. The first kappa shape index (κ1) is 30.0. The molecule has 40 heavy (non-hydrogen) atoms. The summed E-state index contributed by atoms with van der Waals surface area (Å²) in [6.07, 6.45) is 8.05. The summed E-state index contributed by atoms with van der Waals surface area (Å²) in [5, 5.41) is 10.1. The van der Waals surface area contributed by atoms with E-state index in [0.29, 0.717) is 24.7 Å². The van der Waals surface area contributed by atoms with Gasteiger partial charge in [-0.3, -0.25) is 9.59 Å². The fourth-order valence-electron chi connectivity index (χ4n) is 5.27. The third kappa shape index (κ3) is 6.50. The van der Waals surface area contributed by atoms with Gasteiger partial charge in [-0.15, -0.1) is 0 Å². The fourth-order valence-corrected chi connectivity index (χ4v) is 5.27. The van der Waals surface area contributed by atoms with Crippen LogP contribution in [-0.2, 0) is 10.3 Å². The number of nitrogens with zero attached hydrogens (tertiary/aromatic N) is 4. The van der Waals surface area contributed by atoms with E-state index in [1.165, 1.54) is 25.0 Å². The quantitative estimate of drug-likeness (QED) is 0.416. The number of aromatic nitrogens is 3. The first-order valence-corrected chi connectivity index (χ1v) is 13.3. The van der Waals surface area contributed by atoms with E-state index in [1.54, 1.807) is 37.5 Å². The minimum atomic E-state index is -0.537. The Kier molecular flexibility index (Phi) is 9.21. The molecule has 0 spiro atoms. The minimum absolute atomic E-state index is 0. The molecule has 1 aromatic carbocycles. The van der Waals surface area contributed by atoms with Gasteiger partial charge in [-0.1, -0.05) is 11.2 Å². The van der Waals surface area contributed by atoms with E-state index < -0.39 is 23.2 Å². The topological polar surface area (TPSA) is 113 Å². The number of benzene rings is 1. The molecule has 0 bridgehead atoms. The molecule has 2 saturated carbocycles. The van der Waals surface area contributed by atoms with Crippen molar-refractivity contribution in [1.29, 1.82) is 0 Å². The molecule has 0 radical (unpaired) electrons. The van der Waals surface area contributed by atoms with Crippen molar-refractivity contribution in [1.82, 2.24) is 30.7 Å². The first-order chi connectivity index (χ1) is 18.4. The number of nitrogens with one attached hydrogen (secondary N) is 2. The molecule has 2 aliphatic carbocycles. The minimum Gasteiger partial charge on any atom is -0.355 e. The average molecular weight is 587 g/mol. The van der Waals surface area contributed by atoms with Crippen molar-refractivity contribution in [3.63, 3.8) is 0 Å². The number of carbonyl (C=O) groups excluding carboxylic acids is 2. The van der Waals surface area contributed by atoms with Crippen molar-refractivity contribution in [3.8, 4) is 11.3 Å². The van der Waals surface area contributed by atoms with Crippen LogP contribution in [0.1, 0.15) is 54.0 Å². The summed E-state index contributed by atoms with van der Waals surface area (Å²) in [7, 11) is 0. The highest BCUT2D eigenvalue weighted by Gasteiger charge is 2.50. The van der Waals surface area contributed by atoms with Crippen LogP contribution in [0.15, 0.2) is 47.2 Å². The molecular weight excluding hydrogens is 551 g/mol. The number of amides is 2. The van der Waals surface area contributed by atoms with Gasteiger partial charge in [0.15, 0.2) is 17.3 Å². The summed E-state index contributed by atoms with van der Waals surface area (Å²) in [4.78, 5) is 37.9. The lowest BCUT2D eigenvalue weighted by Gasteiger charge is -2.38. The van der Waals surface area contributed by atoms with Crippen LogP contribution < -0.4 is 10.6 Å². The van der Waals surface area contributed by atoms with E-state index in [2.05, 4.69) is 30.7 Å². The second-order valence-corrected chi connectivity index (χ2v) is 10.9. The first-order valence-electron chi connectivity index (χ1n) is 13.3. The number of hydrogen-bond acceptors (Lipinski definition) is 7. The van der Waals surface area contributed by atoms with Crippen LogP contribution in [0.3, 0.4) is 0 Å². The molecule has 2 amide bonds. The van der Waals surface area contributed by atoms with Crippen molar-refractivity contribution in [2.24, 2.45) is 11.8 Å². The van der Waals surface area contributed by atoms with Crippen LogP contribution in [0.4, 0.5) is 4.39 Å². The van der Waals surface area contributed by atoms with Crippen molar-refractivity contribution < 1.29 is 18.5 Å². The molecule has 3 heterocycles. The van der Waals surface area contributed by atoms with Crippen molar-refractivity contribution in [3.05, 3.63) is 65.6 Å². The third-order valence-corrected chi connectivity index (χ3v) is 7.80. The van der Waals surface area contributed by atoms with Gasteiger partial charge in [-0.2, -0.15) is 27.0 Å². The van der Waals surface area contributed by atoms with Gasteiger partial charge in [0.05, 0.1) is 17.0 Å². The van der Waals surface area contributed by atoms with Crippen LogP contribution in [0.5, 0.6) is 0 Å². The van der Waals surface area contributed by atoms with E-state index in [9.17, 15) is 14.0 Å². The lowest BCUT2D eigenvalue weighted by atomic mass is 9.90. The maximum Gasteiger partial charge on any atom is 0.273 e. The Balaban J connectivity index is 0.00000185. The van der Waals surface area contributed by atoms with Crippen LogP contribution in [0.25, 0.3) is 11.3 Å². The van der Waals surface area contributed by atoms with Gasteiger partial charge >= 0.3 is 0 Å². The lowest BCUT2D eigenvalue weighted by molar-refractivity contribution is -0.128. The summed E-state index contributed by atoms with van der Waals surface area (Å²) in [6.45, 7) is 4.15. The molecule has 1 saturated heterocycles. The van der Waals surface area contributed by atoms with Gasteiger partial charge in [0, 0.05) is 44.1 Å². The molecule has 3 fully saturated rings. The molecule has 1 aliphatic heterocycles. The van der Waals surface area contributed by atoms with Crippen molar-refractivity contribution in [2.45, 2.75) is 50.6 Å². The van der Waals surface area contributed by atoms with Crippen LogP contribution in [0, 0.1) is 24.6 Å². The number of aryl methyl sites for hydroxylation is 1. The summed E-state index contributed by atoms with van der Waals surface area (Å²) >= 11 is 0. The van der Waals surface area contributed by atoms with Crippen molar-refractivity contribution >= 4 is 38.8 Å². The van der Waals surface area contributed by atoms with Gasteiger partial charge in [0.1, 0.15) is 5.82 Å². The van der Waals surface area contributed by atoms with Gasteiger partial charge in [-0.25, -0.2) is 14.4 Å². The molecule has 9 nitrogen and oxygen atoms in total. The molecule has 2 atom stereocenters. The van der Waals surface area contributed by atoms with Crippen LogP contribution in [0.2, 0.25) is 0 Å². The fraction of sp³-hybridized carbons (Fsp3) is 0.464. The van der Waals surface area contributed by atoms with Crippen LogP contribution in [-0.4, -0.2) is 57.5 Å². The zero-order chi connectivity index (χ0) is 26.3. The highest BCUT2D eigenvalue weighted by atomic mass is 32.1. The Labute approximate surface area is 246 Å². The smallest absolute Gasteiger partial charge is 0.273 e. The van der Waals surface area contributed by atoms with E-state index >= 15 is 0 Å². The molecule has 2 aromatic heterocycles. The molecule has 214 valence electrons. The van der Waals surface area contributed by atoms with Crippen LogP contribution >= 0.6 is 27.0 Å².